The molecule has 3 aromatic rings. The van der Waals surface area contributed by atoms with Crippen molar-refractivity contribution < 1.29 is 9.53 Å². The number of nitrogens with zero attached hydrogens (tertiary/aromatic N) is 3. The van der Waals surface area contributed by atoms with Crippen LogP contribution in [0.25, 0.3) is 16.9 Å². The van der Waals surface area contributed by atoms with Gasteiger partial charge in [-0.3, -0.25) is 9.20 Å². The van der Waals surface area contributed by atoms with Crippen LogP contribution in [0.5, 0.6) is 5.75 Å². The van der Waals surface area contributed by atoms with Crippen molar-refractivity contribution >= 4 is 11.6 Å². The van der Waals surface area contributed by atoms with Gasteiger partial charge in [-0.1, -0.05) is 18.1 Å². The number of amides is 1. The van der Waals surface area contributed by atoms with Crippen molar-refractivity contribution in [2.24, 2.45) is 0 Å². The normalized spacial score (nSPS) is 11.2. The summed E-state index contributed by atoms with van der Waals surface area (Å²) in [6, 6.07) is 9.55. The molecule has 26 heavy (non-hydrogen) atoms. The van der Waals surface area contributed by atoms with E-state index in [1.54, 1.807) is 31.7 Å². The minimum atomic E-state index is -0.771. The highest BCUT2D eigenvalue weighted by Gasteiger charge is 2.23. The topological polar surface area (TPSA) is 68.5 Å². The van der Waals surface area contributed by atoms with E-state index in [0.717, 1.165) is 22.7 Å². The SMILES string of the molecule is C#CC(C)(C)NC(=O)c1ncn2c(C)cc(-c3cccc(OC)c3)nc12. The second-order valence-corrected chi connectivity index (χ2v) is 6.52. The second-order valence-electron chi connectivity index (χ2n) is 6.52. The zero-order valence-electron chi connectivity index (χ0n) is 15.2. The molecule has 1 N–H and O–H groups in total. The third-order valence-electron chi connectivity index (χ3n) is 4.06. The summed E-state index contributed by atoms with van der Waals surface area (Å²) in [4.78, 5) is 21.5. The highest BCUT2D eigenvalue weighted by atomic mass is 16.5. The Balaban J connectivity index is 2.10. The smallest absolute Gasteiger partial charge is 0.274 e. The highest BCUT2D eigenvalue weighted by molar-refractivity contribution is 5.98. The molecular formula is C20H20N4O2. The Morgan fingerprint density at radius 3 is 2.81 bits per heavy atom. The van der Waals surface area contributed by atoms with Crippen LogP contribution in [0.1, 0.15) is 30.0 Å². The van der Waals surface area contributed by atoms with Gasteiger partial charge in [0.15, 0.2) is 11.3 Å². The first kappa shape index (κ1) is 17.5. The summed E-state index contributed by atoms with van der Waals surface area (Å²) in [6.45, 7) is 5.44. The lowest BCUT2D eigenvalue weighted by Crippen LogP contribution is -2.42. The van der Waals surface area contributed by atoms with Crippen LogP contribution in [0.2, 0.25) is 0 Å². The van der Waals surface area contributed by atoms with E-state index in [9.17, 15) is 4.79 Å². The van der Waals surface area contributed by atoms with Crippen molar-refractivity contribution in [3.8, 4) is 29.4 Å². The maximum atomic E-state index is 12.6. The van der Waals surface area contributed by atoms with Gasteiger partial charge >= 0.3 is 0 Å². The summed E-state index contributed by atoms with van der Waals surface area (Å²) >= 11 is 0. The molecule has 0 saturated carbocycles. The molecule has 1 amide bonds. The number of benzene rings is 1. The fourth-order valence-corrected chi connectivity index (χ4v) is 2.59. The van der Waals surface area contributed by atoms with E-state index in [-0.39, 0.29) is 11.6 Å². The largest absolute Gasteiger partial charge is 0.497 e. The summed E-state index contributed by atoms with van der Waals surface area (Å²) in [5.74, 6) is 2.93. The summed E-state index contributed by atoms with van der Waals surface area (Å²) in [5, 5.41) is 2.79. The Hall–Kier alpha value is -3.33. The van der Waals surface area contributed by atoms with Crippen LogP contribution in [0.3, 0.4) is 0 Å². The van der Waals surface area contributed by atoms with Crippen molar-refractivity contribution in [1.29, 1.82) is 0 Å². The van der Waals surface area contributed by atoms with Gasteiger partial charge in [0.1, 0.15) is 12.1 Å². The Kier molecular flexibility index (Phi) is 4.39. The average Bonchev–Trinajstić information content (AvgIpc) is 3.06. The van der Waals surface area contributed by atoms with Crippen molar-refractivity contribution in [3.63, 3.8) is 0 Å². The van der Waals surface area contributed by atoms with E-state index < -0.39 is 5.54 Å². The number of methoxy groups -OCH3 is 1. The molecule has 0 aliphatic carbocycles. The predicted molar refractivity (Wildman–Crippen MR) is 100 cm³/mol. The number of nitrogens with one attached hydrogen (secondary N) is 1. The van der Waals surface area contributed by atoms with E-state index in [4.69, 9.17) is 11.2 Å². The van der Waals surface area contributed by atoms with Gasteiger partial charge in [-0.05, 0) is 39.0 Å². The molecule has 0 saturated heterocycles. The van der Waals surface area contributed by atoms with Gasteiger partial charge in [0.05, 0.1) is 18.3 Å². The number of rotatable bonds is 4. The summed E-state index contributed by atoms with van der Waals surface area (Å²) in [7, 11) is 1.62. The van der Waals surface area contributed by atoms with Gasteiger partial charge in [-0.25, -0.2) is 9.97 Å². The molecule has 2 aromatic heterocycles. The minimum absolute atomic E-state index is 0.237. The van der Waals surface area contributed by atoms with Gasteiger partial charge in [0, 0.05) is 11.3 Å². The van der Waals surface area contributed by atoms with Crippen LogP contribution >= 0.6 is 0 Å². The van der Waals surface area contributed by atoms with Crippen molar-refractivity contribution in [1.82, 2.24) is 19.7 Å². The maximum Gasteiger partial charge on any atom is 0.274 e. The molecule has 0 aliphatic rings. The average molecular weight is 348 g/mol. The van der Waals surface area contributed by atoms with Crippen LogP contribution in [-0.2, 0) is 0 Å². The summed E-state index contributed by atoms with van der Waals surface area (Å²) in [6.07, 6.45) is 7.04. The first-order valence-corrected chi connectivity index (χ1v) is 8.14. The molecule has 1 aromatic carbocycles. The number of carbonyl (C=O) groups is 1. The summed E-state index contributed by atoms with van der Waals surface area (Å²) in [5.41, 5.74) is 2.49. The van der Waals surface area contributed by atoms with Gasteiger partial charge in [0.25, 0.3) is 5.91 Å². The maximum absolute atomic E-state index is 12.6. The second kappa shape index (κ2) is 6.52. The number of terminal acetylenes is 1. The lowest BCUT2D eigenvalue weighted by Gasteiger charge is -2.18. The number of hydrogen-bond acceptors (Lipinski definition) is 4. The Labute approximate surface area is 152 Å². The molecule has 0 unspecified atom stereocenters. The summed E-state index contributed by atoms with van der Waals surface area (Å²) < 4.78 is 7.06. The molecule has 0 radical (unpaired) electrons. The third-order valence-corrected chi connectivity index (χ3v) is 4.06. The molecule has 2 heterocycles. The molecule has 0 spiro atoms. The Bertz CT molecular complexity index is 1030. The number of hydrogen-bond donors (Lipinski definition) is 1. The van der Waals surface area contributed by atoms with Crippen LogP contribution in [0.4, 0.5) is 0 Å². The fourth-order valence-electron chi connectivity index (χ4n) is 2.59. The van der Waals surface area contributed by atoms with E-state index in [1.165, 1.54) is 0 Å². The number of ether oxygens (including phenoxy) is 1. The lowest BCUT2D eigenvalue weighted by molar-refractivity contribution is 0.0927. The van der Waals surface area contributed by atoms with Gasteiger partial charge in [-0.15, -0.1) is 6.42 Å². The molecule has 0 aliphatic heterocycles. The Morgan fingerprint density at radius 1 is 1.35 bits per heavy atom. The van der Waals surface area contributed by atoms with Crippen LogP contribution in [-0.4, -0.2) is 32.9 Å². The van der Waals surface area contributed by atoms with Crippen LogP contribution in [0.15, 0.2) is 36.7 Å². The first-order valence-electron chi connectivity index (χ1n) is 8.14. The lowest BCUT2D eigenvalue weighted by atomic mass is 10.1. The van der Waals surface area contributed by atoms with E-state index in [0.29, 0.717) is 5.65 Å². The van der Waals surface area contributed by atoms with Crippen molar-refractivity contribution in [2.75, 3.05) is 7.11 Å². The number of aromatic nitrogens is 3. The highest BCUT2D eigenvalue weighted by Crippen LogP contribution is 2.24. The quantitative estimate of drug-likeness (QED) is 0.736. The zero-order chi connectivity index (χ0) is 18.9. The molecule has 3 rings (SSSR count). The molecule has 6 nitrogen and oxygen atoms in total. The molecule has 132 valence electrons. The molecule has 6 heteroatoms. The number of carbonyl (C=O) groups excluding carboxylic acids is 1. The van der Waals surface area contributed by atoms with Gasteiger partial charge < -0.3 is 10.1 Å². The van der Waals surface area contributed by atoms with E-state index in [2.05, 4.69) is 21.2 Å². The Morgan fingerprint density at radius 2 is 2.12 bits per heavy atom. The molecule has 0 atom stereocenters. The minimum Gasteiger partial charge on any atom is -0.497 e. The van der Waals surface area contributed by atoms with Crippen molar-refractivity contribution in [3.05, 3.63) is 48.0 Å². The van der Waals surface area contributed by atoms with Crippen LogP contribution in [0, 0.1) is 19.3 Å². The fraction of sp³-hybridized carbons (Fsp3) is 0.250. The van der Waals surface area contributed by atoms with E-state index in [1.807, 2.05) is 37.3 Å². The van der Waals surface area contributed by atoms with Crippen molar-refractivity contribution in [2.45, 2.75) is 26.3 Å². The van der Waals surface area contributed by atoms with E-state index >= 15 is 0 Å². The first-order chi connectivity index (χ1) is 12.3. The number of aryl methyl sites for hydroxylation is 1. The zero-order valence-corrected chi connectivity index (χ0v) is 15.2. The number of imidazole rings is 1. The molecule has 0 bridgehead atoms. The van der Waals surface area contributed by atoms with Gasteiger partial charge in [-0.2, -0.15) is 0 Å². The molecular weight excluding hydrogens is 328 g/mol. The van der Waals surface area contributed by atoms with Gasteiger partial charge in [0.2, 0.25) is 0 Å². The molecule has 0 fully saturated rings. The third kappa shape index (κ3) is 3.24. The standard InChI is InChI=1S/C20H20N4O2/c1-6-20(3,4)23-19(25)17-18-22-16(10-13(2)24(18)12-21-17)14-8-7-9-15(11-14)26-5/h1,7-12H,2-5H3,(H,23,25). The number of fused-ring (bicyclic) bond motifs is 1. The monoisotopic (exact) mass is 348 g/mol. The van der Waals surface area contributed by atoms with Crippen LogP contribution < -0.4 is 10.1 Å². The predicted octanol–water partition coefficient (Wildman–Crippen LogP) is 2.85.